The summed E-state index contributed by atoms with van der Waals surface area (Å²) in [6.07, 6.45) is 9.20. The second-order valence-electron chi connectivity index (χ2n) is 4.76. The molecule has 0 amide bonds. The molecule has 0 atom stereocenters. The fourth-order valence-corrected chi connectivity index (χ4v) is 2.61. The van der Waals surface area contributed by atoms with Gasteiger partial charge in [0.15, 0.2) is 5.78 Å². The van der Waals surface area contributed by atoms with Crippen LogP contribution in [0.1, 0.15) is 44.9 Å². The number of allylic oxidation sites excluding steroid dienone is 1. The van der Waals surface area contributed by atoms with Gasteiger partial charge in [0.05, 0.1) is 5.54 Å². The van der Waals surface area contributed by atoms with Gasteiger partial charge in [0.25, 0.3) is 0 Å². The van der Waals surface area contributed by atoms with E-state index in [0.29, 0.717) is 12.2 Å². The standard InChI is InChI=1S/C13H23NO/c1-4-9-12(15)13(14(2)3)10-7-5-6-8-11-13/h4H,1,5-11H2,2-3H3. The Bertz CT molecular complexity index is 225. The van der Waals surface area contributed by atoms with Crippen molar-refractivity contribution in [1.29, 1.82) is 0 Å². The minimum Gasteiger partial charge on any atom is -0.297 e. The number of ketones is 1. The molecule has 1 saturated carbocycles. The molecule has 0 aromatic heterocycles. The number of likely N-dealkylation sites (N-methyl/N-ethyl adjacent to an activating group) is 1. The molecular formula is C13H23NO. The van der Waals surface area contributed by atoms with Gasteiger partial charge >= 0.3 is 0 Å². The zero-order valence-electron chi connectivity index (χ0n) is 10.1. The molecule has 86 valence electrons. The summed E-state index contributed by atoms with van der Waals surface area (Å²) in [5, 5.41) is 0. The maximum absolute atomic E-state index is 12.2. The summed E-state index contributed by atoms with van der Waals surface area (Å²) < 4.78 is 0. The van der Waals surface area contributed by atoms with Crippen molar-refractivity contribution in [3.8, 4) is 0 Å². The van der Waals surface area contributed by atoms with Crippen LogP contribution < -0.4 is 0 Å². The van der Waals surface area contributed by atoms with E-state index in [0.717, 1.165) is 12.8 Å². The predicted octanol–water partition coefficient (Wildman–Crippen LogP) is 2.79. The number of Topliss-reactive ketones (excluding diaryl/α,β-unsaturated/α-hetero) is 1. The van der Waals surface area contributed by atoms with Crippen molar-refractivity contribution in [2.45, 2.75) is 50.5 Å². The quantitative estimate of drug-likeness (QED) is 0.524. The zero-order valence-corrected chi connectivity index (χ0v) is 10.1. The monoisotopic (exact) mass is 209 g/mol. The van der Waals surface area contributed by atoms with Crippen LogP contribution in [0.15, 0.2) is 12.7 Å². The highest BCUT2D eigenvalue weighted by Gasteiger charge is 2.39. The van der Waals surface area contributed by atoms with E-state index in [2.05, 4.69) is 11.5 Å². The number of hydrogen-bond acceptors (Lipinski definition) is 2. The van der Waals surface area contributed by atoms with Crippen LogP contribution in [0.25, 0.3) is 0 Å². The third-order valence-electron chi connectivity index (χ3n) is 3.64. The van der Waals surface area contributed by atoms with Gasteiger partial charge in [-0.15, -0.1) is 6.58 Å². The number of hydrogen-bond donors (Lipinski definition) is 0. The minimum absolute atomic E-state index is 0.204. The summed E-state index contributed by atoms with van der Waals surface area (Å²) in [6, 6.07) is 0. The van der Waals surface area contributed by atoms with Gasteiger partial charge in [-0.3, -0.25) is 9.69 Å². The molecule has 1 rings (SSSR count). The second-order valence-corrected chi connectivity index (χ2v) is 4.76. The van der Waals surface area contributed by atoms with Gasteiger partial charge in [-0.2, -0.15) is 0 Å². The highest BCUT2D eigenvalue weighted by Crippen LogP contribution is 2.32. The van der Waals surface area contributed by atoms with E-state index in [1.165, 1.54) is 25.7 Å². The van der Waals surface area contributed by atoms with Crippen molar-refractivity contribution in [2.24, 2.45) is 0 Å². The molecule has 0 aromatic carbocycles. The summed E-state index contributed by atoms with van der Waals surface area (Å²) in [5.41, 5.74) is -0.204. The van der Waals surface area contributed by atoms with E-state index in [-0.39, 0.29) is 5.54 Å². The second kappa shape index (κ2) is 5.45. The van der Waals surface area contributed by atoms with Gasteiger partial charge in [-0.1, -0.05) is 31.8 Å². The van der Waals surface area contributed by atoms with Crippen molar-refractivity contribution >= 4 is 5.78 Å². The van der Waals surface area contributed by atoms with Crippen LogP contribution in [0.5, 0.6) is 0 Å². The molecule has 0 unspecified atom stereocenters. The van der Waals surface area contributed by atoms with E-state index in [9.17, 15) is 4.79 Å². The van der Waals surface area contributed by atoms with E-state index in [4.69, 9.17) is 0 Å². The van der Waals surface area contributed by atoms with Crippen LogP contribution >= 0.6 is 0 Å². The maximum atomic E-state index is 12.2. The van der Waals surface area contributed by atoms with Crippen LogP contribution in [0.2, 0.25) is 0 Å². The Balaban J connectivity index is 2.84. The van der Waals surface area contributed by atoms with Gasteiger partial charge < -0.3 is 0 Å². The van der Waals surface area contributed by atoms with Gasteiger partial charge in [0.2, 0.25) is 0 Å². The minimum atomic E-state index is -0.204. The van der Waals surface area contributed by atoms with Gasteiger partial charge in [0.1, 0.15) is 0 Å². The van der Waals surface area contributed by atoms with Gasteiger partial charge in [-0.25, -0.2) is 0 Å². The summed E-state index contributed by atoms with van der Waals surface area (Å²) in [7, 11) is 4.07. The van der Waals surface area contributed by atoms with Crippen molar-refractivity contribution < 1.29 is 4.79 Å². The Morgan fingerprint density at radius 1 is 1.27 bits per heavy atom. The number of carbonyl (C=O) groups is 1. The van der Waals surface area contributed by atoms with Crippen LogP contribution in [0.3, 0.4) is 0 Å². The highest BCUT2D eigenvalue weighted by atomic mass is 16.1. The molecule has 1 aliphatic rings. The third-order valence-corrected chi connectivity index (χ3v) is 3.64. The smallest absolute Gasteiger partial charge is 0.156 e. The molecule has 2 heteroatoms. The van der Waals surface area contributed by atoms with Crippen LogP contribution in [-0.4, -0.2) is 30.3 Å². The molecule has 0 radical (unpaired) electrons. The maximum Gasteiger partial charge on any atom is 0.156 e. The molecule has 0 heterocycles. The van der Waals surface area contributed by atoms with Crippen LogP contribution in [0, 0.1) is 0 Å². The van der Waals surface area contributed by atoms with Gasteiger partial charge in [0, 0.05) is 6.42 Å². The van der Waals surface area contributed by atoms with E-state index >= 15 is 0 Å². The van der Waals surface area contributed by atoms with Gasteiger partial charge in [-0.05, 0) is 26.9 Å². The fourth-order valence-electron chi connectivity index (χ4n) is 2.61. The average Bonchev–Trinajstić information content (AvgIpc) is 2.43. The lowest BCUT2D eigenvalue weighted by atomic mass is 9.83. The first kappa shape index (κ1) is 12.4. The first-order valence-electron chi connectivity index (χ1n) is 5.95. The number of carbonyl (C=O) groups excluding carboxylic acids is 1. The van der Waals surface area contributed by atoms with Crippen molar-refractivity contribution in [2.75, 3.05) is 14.1 Å². The molecule has 1 fully saturated rings. The first-order chi connectivity index (χ1) is 7.13. The Labute approximate surface area is 93.3 Å². The molecular weight excluding hydrogens is 186 g/mol. The summed E-state index contributed by atoms with van der Waals surface area (Å²) in [5.74, 6) is 0.351. The normalized spacial score (nSPS) is 21.0. The molecule has 2 nitrogen and oxygen atoms in total. The Kier molecular flexibility index (Phi) is 4.52. The Morgan fingerprint density at radius 2 is 1.80 bits per heavy atom. The van der Waals surface area contributed by atoms with E-state index < -0.39 is 0 Å². The fraction of sp³-hybridized carbons (Fsp3) is 0.769. The highest BCUT2D eigenvalue weighted by molar-refractivity contribution is 5.89. The summed E-state index contributed by atoms with van der Waals surface area (Å²) in [4.78, 5) is 14.3. The molecule has 0 aromatic rings. The lowest BCUT2D eigenvalue weighted by molar-refractivity contribution is -0.129. The van der Waals surface area contributed by atoms with Crippen LogP contribution in [0.4, 0.5) is 0 Å². The topological polar surface area (TPSA) is 20.3 Å². The third kappa shape index (κ3) is 2.69. The van der Waals surface area contributed by atoms with E-state index in [1.54, 1.807) is 6.08 Å². The molecule has 1 aliphatic carbocycles. The lowest BCUT2D eigenvalue weighted by Gasteiger charge is -2.37. The Morgan fingerprint density at radius 3 is 2.20 bits per heavy atom. The molecule has 0 saturated heterocycles. The lowest BCUT2D eigenvalue weighted by Crippen LogP contribution is -2.50. The molecule has 0 spiro atoms. The largest absolute Gasteiger partial charge is 0.297 e. The van der Waals surface area contributed by atoms with Crippen LogP contribution in [-0.2, 0) is 4.79 Å². The average molecular weight is 209 g/mol. The van der Waals surface area contributed by atoms with Crippen molar-refractivity contribution in [3.63, 3.8) is 0 Å². The molecule has 15 heavy (non-hydrogen) atoms. The number of rotatable bonds is 4. The molecule has 0 N–H and O–H groups in total. The number of nitrogens with zero attached hydrogens (tertiary/aromatic N) is 1. The Hall–Kier alpha value is -0.630. The van der Waals surface area contributed by atoms with Crippen molar-refractivity contribution in [3.05, 3.63) is 12.7 Å². The molecule has 0 aliphatic heterocycles. The SMILES string of the molecule is C=CCC(=O)C1(N(C)C)CCCCCC1. The molecule has 0 bridgehead atoms. The predicted molar refractivity (Wildman–Crippen MR) is 63.9 cm³/mol. The summed E-state index contributed by atoms with van der Waals surface area (Å²) in [6.45, 7) is 3.67. The first-order valence-corrected chi connectivity index (χ1v) is 5.95. The summed E-state index contributed by atoms with van der Waals surface area (Å²) >= 11 is 0. The van der Waals surface area contributed by atoms with Crippen molar-refractivity contribution in [1.82, 2.24) is 4.90 Å². The van der Waals surface area contributed by atoms with E-state index in [1.807, 2.05) is 14.1 Å². The zero-order chi connectivity index (χ0) is 11.3.